The fourth-order valence-electron chi connectivity index (χ4n) is 0.893. The van der Waals surface area contributed by atoms with E-state index in [-0.39, 0.29) is 0 Å². The summed E-state index contributed by atoms with van der Waals surface area (Å²) in [6.07, 6.45) is 0. The molecule has 1 atom stereocenters. The third-order valence-corrected chi connectivity index (χ3v) is 4.02. The summed E-state index contributed by atoms with van der Waals surface area (Å²) in [5, 5.41) is 11.5. The van der Waals surface area contributed by atoms with Crippen molar-refractivity contribution in [3.63, 3.8) is 0 Å². The first-order valence-corrected chi connectivity index (χ1v) is 5.39. The van der Waals surface area contributed by atoms with Crippen LogP contribution >= 0.6 is 38.9 Å². The Kier molecular flexibility index (Phi) is 3.73. The van der Waals surface area contributed by atoms with Gasteiger partial charge in [0.25, 0.3) is 0 Å². The van der Waals surface area contributed by atoms with Crippen molar-refractivity contribution in [1.82, 2.24) is 5.32 Å². The first-order valence-electron chi connectivity index (χ1n) is 3.41. The van der Waals surface area contributed by atoms with Crippen LogP contribution in [-0.2, 0) is 4.79 Å². The molecule has 0 radical (unpaired) electrons. The summed E-state index contributed by atoms with van der Waals surface area (Å²) in [6, 6.07) is 1.02. The van der Waals surface area contributed by atoms with Crippen LogP contribution in [0.25, 0.3) is 0 Å². The Labute approximate surface area is 92.8 Å². The molecule has 6 heteroatoms. The molecule has 13 heavy (non-hydrogen) atoms. The molecule has 0 saturated carbocycles. The molecular formula is C7H7BrClNO2S. The highest BCUT2D eigenvalue weighted by molar-refractivity contribution is 9.10. The smallest absolute Gasteiger partial charge is 0.326 e. The summed E-state index contributed by atoms with van der Waals surface area (Å²) >= 11 is 10.3. The normalized spacial score (nSPS) is 12.8. The second-order valence-corrected chi connectivity index (χ2v) is 4.87. The number of carboxylic acid groups (broad SMARTS) is 1. The Bertz CT molecular complexity index is 309. The molecular weight excluding hydrogens is 278 g/mol. The molecule has 0 aliphatic heterocycles. The van der Waals surface area contributed by atoms with Gasteiger partial charge in [0, 0.05) is 9.35 Å². The summed E-state index contributed by atoms with van der Waals surface area (Å²) < 4.78 is 1.30. The van der Waals surface area contributed by atoms with Crippen molar-refractivity contribution in [3.05, 3.63) is 19.8 Å². The standard InChI is InChI=1S/C7H7BrClNO2S/c1-10-5(7(11)12)4-2-3(8)6(9)13-4/h2,5,10H,1H3,(H,11,12). The van der Waals surface area contributed by atoms with Crippen LogP contribution in [0.5, 0.6) is 0 Å². The topological polar surface area (TPSA) is 49.3 Å². The predicted molar refractivity (Wildman–Crippen MR) is 56.5 cm³/mol. The molecule has 1 heterocycles. The molecule has 2 N–H and O–H groups in total. The summed E-state index contributed by atoms with van der Waals surface area (Å²) in [4.78, 5) is 11.4. The van der Waals surface area contributed by atoms with Crippen LogP contribution in [0.3, 0.4) is 0 Å². The number of nitrogens with one attached hydrogen (secondary N) is 1. The summed E-state index contributed by atoms with van der Waals surface area (Å²) in [5.41, 5.74) is 0. The number of carboxylic acids is 1. The molecule has 0 aliphatic rings. The molecule has 1 aromatic heterocycles. The van der Waals surface area contributed by atoms with Crippen LogP contribution in [0.4, 0.5) is 0 Å². The van der Waals surface area contributed by atoms with Gasteiger partial charge in [0.15, 0.2) is 0 Å². The zero-order chi connectivity index (χ0) is 10.0. The maximum absolute atomic E-state index is 10.7. The second-order valence-electron chi connectivity index (χ2n) is 2.33. The number of hydrogen-bond acceptors (Lipinski definition) is 3. The zero-order valence-electron chi connectivity index (χ0n) is 6.67. The van der Waals surface area contributed by atoms with Crippen LogP contribution in [0, 0.1) is 0 Å². The Balaban J connectivity index is 2.98. The minimum atomic E-state index is -0.909. The van der Waals surface area contributed by atoms with Gasteiger partial charge in [0.1, 0.15) is 10.4 Å². The molecule has 0 saturated heterocycles. The molecule has 0 aromatic carbocycles. The molecule has 1 rings (SSSR count). The van der Waals surface area contributed by atoms with Gasteiger partial charge in [-0.2, -0.15) is 0 Å². The predicted octanol–water partition coefficient (Wildman–Crippen LogP) is 2.51. The van der Waals surface area contributed by atoms with E-state index in [2.05, 4.69) is 21.2 Å². The monoisotopic (exact) mass is 283 g/mol. The average molecular weight is 285 g/mol. The van der Waals surface area contributed by atoms with E-state index in [1.54, 1.807) is 13.1 Å². The number of hydrogen-bond donors (Lipinski definition) is 2. The second kappa shape index (κ2) is 4.41. The third kappa shape index (κ3) is 2.43. The van der Waals surface area contributed by atoms with Gasteiger partial charge in [-0.15, -0.1) is 11.3 Å². The summed E-state index contributed by atoms with van der Waals surface area (Å²) in [5.74, 6) is -0.909. The van der Waals surface area contributed by atoms with Crippen LogP contribution < -0.4 is 5.32 Å². The lowest BCUT2D eigenvalue weighted by atomic mass is 10.2. The highest BCUT2D eigenvalue weighted by Crippen LogP contribution is 2.35. The number of aliphatic carboxylic acids is 1. The molecule has 1 aromatic rings. The van der Waals surface area contributed by atoms with E-state index in [0.717, 1.165) is 4.47 Å². The van der Waals surface area contributed by atoms with E-state index in [1.807, 2.05) is 0 Å². The largest absolute Gasteiger partial charge is 0.480 e. The van der Waals surface area contributed by atoms with Crippen molar-refractivity contribution in [1.29, 1.82) is 0 Å². The van der Waals surface area contributed by atoms with E-state index < -0.39 is 12.0 Å². The van der Waals surface area contributed by atoms with Gasteiger partial charge in [-0.05, 0) is 29.0 Å². The number of carbonyl (C=O) groups is 1. The van der Waals surface area contributed by atoms with Crippen molar-refractivity contribution in [2.24, 2.45) is 0 Å². The maximum Gasteiger partial charge on any atom is 0.326 e. The minimum absolute atomic E-state index is 0.566. The van der Waals surface area contributed by atoms with E-state index in [0.29, 0.717) is 9.21 Å². The van der Waals surface area contributed by atoms with Crippen LogP contribution in [0.2, 0.25) is 4.34 Å². The van der Waals surface area contributed by atoms with Gasteiger partial charge in [-0.3, -0.25) is 4.79 Å². The number of halogens is 2. The van der Waals surface area contributed by atoms with Crippen molar-refractivity contribution in [2.75, 3.05) is 7.05 Å². The Morgan fingerprint density at radius 1 is 1.85 bits per heavy atom. The lowest BCUT2D eigenvalue weighted by Crippen LogP contribution is -2.23. The third-order valence-electron chi connectivity index (χ3n) is 1.48. The Hall–Kier alpha value is -0.100. The van der Waals surface area contributed by atoms with Gasteiger partial charge in [0.2, 0.25) is 0 Å². The van der Waals surface area contributed by atoms with Gasteiger partial charge in [0.05, 0.1) is 0 Å². The fraction of sp³-hybridized carbons (Fsp3) is 0.286. The van der Waals surface area contributed by atoms with Gasteiger partial charge < -0.3 is 10.4 Å². The summed E-state index contributed by atoms with van der Waals surface area (Å²) in [6.45, 7) is 0. The SMILES string of the molecule is CNC(C(=O)O)c1cc(Br)c(Cl)s1. The molecule has 0 spiro atoms. The number of rotatable bonds is 3. The van der Waals surface area contributed by atoms with E-state index in [1.165, 1.54) is 11.3 Å². The highest BCUT2D eigenvalue weighted by atomic mass is 79.9. The number of thiophene rings is 1. The van der Waals surface area contributed by atoms with Crippen molar-refractivity contribution in [2.45, 2.75) is 6.04 Å². The fourth-order valence-corrected chi connectivity index (χ4v) is 2.73. The lowest BCUT2D eigenvalue weighted by molar-refractivity contribution is -0.139. The van der Waals surface area contributed by atoms with Crippen LogP contribution in [0.15, 0.2) is 10.5 Å². The van der Waals surface area contributed by atoms with E-state index >= 15 is 0 Å². The highest BCUT2D eigenvalue weighted by Gasteiger charge is 2.20. The lowest BCUT2D eigenvalue weighted by Gasteiger charge is -2.07. The van der Waals surface area contributed by atoms with Gasteiger partial charge in [-0.1, -0.05) is 11.6 Å². The van der Waals surface area contributed by atoms with Crippen LogP contribution in [0.1, 0.15) is 10.9 Å². The Morgan fingerprint density at radius 3 is 2.77 bits per heavy atom. The van der Waals surface area contributed by atoms with Crippen molar-refractivity contribution >= 4 is 44.8 Å². The first-order chi connectivity index (χ1) is 6.06. The summed E-state index contributed by atoms with van der Waals surface area (Å²) in [7, 11) is 1.60. The molecule has 3 nitrogen and oxygen atoms in total. The maximum atomic E-state index is 10.7. The number of likely N-dealkylation sites (N-methyl/N-ethyl adjacent to an activating group) is 1. The van der Waals surface area contributed by atoms with Gasteiger partial charge >= 0.3 is 5.97 Å². The van der Waals surface area contributed by atoms with Crippen LogP contribution in [-0.4, -0.2) is 18.1 Å². The van der Waals surface area contributed by atoms with E-state index in [4.69, 9.17) is 16.7 Å². The molecule has 1 unspecified atom stereocenters. The first kappa shape index (κ1) is 11.0. The molecule has 0 amide bonds. The molecule has 0 fully saturated rings. The van der Waals surface area contributed by atoms with E-state index in [9.17, 15) is 4.79 Å². The zero-order valence-corrected chi connectivity index (χ0v) is 9.83. The van der Waals surface area contributed by atoms with Gasteiger partial charge in [-0.25, -0.2) is 0 Å². The minimum Gasteiger partial charge on any atom is -0.480 e. The molecule has 0 aliphatic carbocycles. The van der Waals surface area contributed by atoms with Crippen molar-refractivity contribution in [3.8, 4) is 0 Å². The quantitative estimate of drug-likeness (QED) is 0.896. The molecule has 0 bridgehead atoms. The average Bonchev–Trinajstić information content (AvgIpc) is 2.32. The molecule has 72 valence electrons. The van der Waals surface area contributed by atoms with Crippen molar-refractivity contribution < 1.29 is 9.90 Å². The Morgan fingerprint density at radius 2 is 2.46 bits per heavy atom.